The van der Waals surface area contributed by atoms with Crippen molar-refractivity contribution in [2.24, 2.45) is 17.8 Å². The first-order valence-corrected chi connectivity index (χ1v) is 10.7. The van der Waals surface area contributed by atoms with E-state index in [2.05, 4.69) is 40.8 Å². The Morgan fingerprint density at radius 2 is 2.00 bits per heavy atom. The summed E-state index contributed by atoms with van der Waals surface area (Å²) in [4.78, 5) is 11.4. The molecule has 1 aliphatic heterocycles. The Labute approximate surface area is 128 Å². The highest BCUT2D eigenvalue weighted by molar-refractivity contribution is 6.74. The van der Waals surface area contributed by atoms with Gasteiger partial charge in [-0.3, -0.25) is 0 Å². The quantitative estimate of drug-likeness (QED) is 0.800. The first-order valence-electron chi connectivity index (χ1n) is 7.81. The Bertz CT molecular complexity index is 450. The van der Waals surface area contributed by atoms with Crippen LogP contribution >= 0.6 is 0 Å². The van der Waals surface area contributed by atoms with E-state index in [9.17, 15) is 9.90 Å². The Morgan fingerprint density at radius 3 is 2.52 bits per heavy atom. The summed E-state index contributed by atoms with van der Waals surface area (Å²) in [6, 6.07) is 0. The van der Waals surface area contributed by atoms with Crippen LogP contribution < -0.4 is 0 Å². The molecule has 1 saturated carbocycles. The van der Waals surface area contributed by atoms with E-state index in [1.165, 1.54) is 6.26 Å². The molecule has 0 aromatic rings. The van der Waals surface area contributed by atoms with Gasteiger partial charge in [-0.05, 0) is 36.9 Å². The summed E-state index contributed by atoms with van der Waals surface area (Å²) >= 11 is 0. The van der Waals surface area contributed by atoms with E-state index < -0.39 is 14.3 Å². The molecule has 5 heteroatoms. The molecule has 0 spiro atoms. The van der Waals surface area contributed by atoms with Gasteiger partial charge in [0.1, 0.15) is 0 Å². The largest absolute Gasteiger partial charge is 0.478 e. The van der Waals surface area contributed by atoms with Crippen molar-refractivity contribution in [3.8, 4) is 0 Å². The highest BCUT2D eigenvalue weighted by atomic mass is 28.4. The molecule has 2 aliphatic rings. The van der Waals surface area contributed by atoms with E-state index in [0.717, 1.165) is 12.8 Å². The zero-order chi connectivity index (χ0) is 16.0. The fourth-order valence-electron chi connectivity index (χ4n) is 3.15. The number of hydrogen-bond acceptors (Lipinski definition) is 3. The second-order valence-electron chi connectivity index (χ2n) is 8.00. The van der Waals surface area contributed by atoms with Gasteiger partial charge in [-0.2, -0.15) is 0 Å². The van der Waals surface area contributed by atoms with Crippen molar-refractivity contribution < 1.29 is 19.1 Å². The number of aliphatic carboxylic acids is 1. The van der Waals surface area contributed by atoms with E-state index in [0.29, 0.717) is 11.5 Å². The number of ether oxygens (including phenoxy) is 1. The number of hydrogen-bond donors (Lipinski definition) is 1. The number of carbonyl (C=O) groups is 1. The molecule has 0 radical (unpaired) electrons. The van der Waals surface area contributed by atoms with Gasteiger partial charge in [0, 0.05) is 11.8 Å². The van der Waals surface area contributed by atoms with Gasteiger partial charge in [0.05, 0.1) is 11.8 Å². The molecule has 1 heterocycles. The molecule has 0 amide bonds. The molecule has 4 unspecified atom stereocenters. The van der Waals surface area contributed by atoms with Gasteiger partial charge in [0.15, 0.2) is 14.6 Å². The van der Waals surface area contributed by atoms with Crippen molar-refractivity contribution in [1.82, 2.24) is 0 Å². The molecule has 0 aromatic heterocycles. The topological polar surface area (TPSA) is 55.8 Å². The summed E-state index contributed by atoms with van der Waals surface area (Å²) in [7, 11) is -1.93. The monoisotopic (exact) mass is 312 g/mol. The van der Waals surface area contributed by atoms with Crippen LogP contribution in [0.25, 0.3) is 0 Å². The maximum absolute atomic E-state index is 11.4. The van der Waals surface area contributed by atoms with Gasteiger partial charge in [-0.1, -0.05) is 27.7 Å². The second-order valence-corrected chi connectivity index (χ2v) is 12.8. The van der Waals surface area contributed by atoms with Crippen molar-refractivity contribution >= 4 is 14.3 Å². The van der Waals surface area contributed by atoms with Crippen molar-refractivity contribution in [3.05, 3.63) is 11.8 Å². The van der Waals surface area contributed by atoms with Crippen molar-refractivity contribution in [3.63, 3.8) is 0 Å². The van der Waals surface area contributed by atoms with Crippen LogP contribution in [-0.2, 0) is 14.0 Å². The van der Waals surface area contributed by atoms with Crippen molar-refractivity contribution in [2.45, 2.75) is 65.0 Å². The molecule has 1 aliphatic carbocycles. The molecule has 0 saturated heterocycles. The standard InChI is InChI=1S/C16H28O4Si/c1-10-7-8-11-12(14(17)18)9-19-15(13(10)11)20-21(5,6)16(2,3)4/h9-11,13,15H,7-8H2,1-6H3,(H,17,18). The molecule has 0 bridgehead atoms. The smallest absolute Gasteiger partial charge is 0.334 e. The summed E-state index contributed by atoms with van der Waals surface area (Å²) in [5.41, 5.74) is 0.416. The van der Waals surface area contributed by atoms with Crippen LogP contribution in [0.4, 0.5) is 0 Å². The van der Waals surface area contributed by atoms with E-state index >= 15 is 0 Å². The lowest BCUT2D eigenvalue weighted by atomic mass is 9.84. The highest BCUT2D eigenvalue weighted by Crippen LogP contribution is 2.48. The molecular weight excluding hydrogens is 284 g/mol. The molecule has 2 rings (SSSR count). The van der Waals surface area contributed by atoms with Crippen LogP contribution in [0.15, 0.2) is 11.8 Å². The van der Waals surface area contributed by atoms with Gasteiger partial charge >= 0.3 is 5.97 Å². The Kier molecular flexibility index (Phi) is 4.28. The summed E-state index contributed by atoms with van der Waals surface area (Å²) in [6.07, 6.45) is 3.10. The van der Waals surface area contributed by atoms with Crippen LogP contribution in [0.2, 0.25) is 18.1 Å². The predicted octanol–water partition coefficient (Wildman–Crippen LogP) is 4.00. The predicted molar refractivity (Wildman–Crippen MR) is 84.3 cm³/mol. The Hall–Kier alpha value is -0.813. The number of carboxylic acid groups (broad SMARTS) is 1. The summed E-state index contributed by atoms with van der Waals surface area (Å²) in [5.74, 6) is -0.186. The molecule has 1 fully saturated rings. The maximum atomic E-state index is 11.4. The molecule has 4 atom stereocenters. The SMILES string of the molecule is CC1CCC2C(C(=O)O)=COC(O[Si](C)(C)C(C)(C)C)C12. The minimum atomic E-state index is -1.93. The van der Waals surface area contributed by atoms with E-state index in [-0.39, 0.29) is 23.2 Å². The summed E-state index contributed by atoms with van der Waals surface area (Å²) in [5, 5.41) is 9.45. The maximum Gasteiger partial charge on any atom is 0.334 e. The fraction of sp³-hybridized carbons (Fsp3) is 0.812. The number of carboxylic acids is 1. The molecule has 0 aromatic carbocycles. The third kappa shape index (κ3) is 3.04. The van der Waals surface area contributed by atoms with E-state index in [1.54, 1.807) is 0 Å². The lowest BCUT2D eigenvalue weighted by Crippen LogP contribution is -2.49. The van der Waals surface area contributed by atoms with Gasteiger partial charge in [-0.15, -0.1) is 0 Å². The van der Waals surface area contributed by atoms with Gasteiger partial charge < -0.3 is 14.3 Å². The fourth-order valence-corrected chi connectivity index (χ4v) is 4.29. The highest BCUT2D eigenvalue weighted by Gasteiger charge is 2.49. The minimum Gasteiger partial charge on any atom is -0.478 e. The normalized spacial score (nSPS) is 33.1. The number of rotatable bonds is 3. The van der Waals surface area contributed by atoms with Crippen LogP contribution in [0.5, 0.6) is 0 Å². The molecule has 120 valence electrons. The first-order chi connectivity index (χ1) is 9.54. The van der Waals surface area contributed by atoms with Gasteiger partial charge in [-0.25, -0.2) is 4.79 Å². The summed E-state index contributed by atoms with van der Waals surface area (Å²) < 4.78 is 12.2. The van der Waals surface area contributed by atoms with Crippen LogP contribution in [0.3, 0.4) is 0 Å². The molecule has 21 heavy (non-hydrogen) atoms. The third-order valence-electron chi connectivity index (χ3n) is 5.56. The Balaban J connectivity index is 2.24. The second kappa shape index (κ2) is 5.43. The van der Waals surface area contributed by atoms with Crippen molar-refractivity contribution in [2.75, 3.05) is 0 Å². The average Bonchev–Trinajstić information content (AvgIpc) is 2.70. The van der Waals surface area contributed by atoms with Gasteiger partial charge in [0.2, 0.25) is 0 Å². The molecule has 4 nitrogen and oxygen atoms in total. The molecule has 1 N–H and O–H groups in total. The lowest BCUT2D eigenvalue weighted by molar-refractivity contribution is -0.139. The summed E-state index contributed by atoms with van der Waals surface area (Å²) in [6.45, 7) is 13.2. The van der Waals surface area contributed by atoms with Crippen molar-refractivity contribution in [1.29, 1.82) is 0 Å². The zero-order valence-corrected chi connectivity index (χ0v) is 15.0. The first kappa shape index (κ1) is 16.6. The van der Waals surface area contributed by atoms with Crippen LogP contribution in [0.1, 0.15) is 40.5 Å². The number of fused-ring (bicyclic) bond motifs is 1. The molecular formula is C16H28O4Si. The van der Waals surface area contributed by atoms with Crippen LogP contribution in [-0.4, -0.2) is 25.7 Å². The average molecular weight is 312 g/mol. The zero-order valence-electron chi connectivity index (χ0n) is 14.0. The third-order valence-corrected chi connectivity index (χ3v) is 10.00. The Morgan fingerprint density at radius 1 is 1.38 bits per heavy atom. The lowest BCUT2D eigenvalue weighted by Gasteiger charge is -2.43. The van der Waals surface area contributed by atoms with Crippen LogP contribution in [0, 0.1) is 17.8 Å². The van der Waals surface area contributed by atoms with E-state index in [1.807, 2.05) is 0 Å². The van der Waals surface area contributed by atoms with Gasteiger partial charge in [0.25, 0.3) is 0 Å². The van der Waals surface area contributed by atoms with E-state index in [4.69, 9.17) is 9.16 Å². The minimum absolute atomic E-state index is 0.0704.